The number of amides is 2. The van der Waals surface area contributed by atoms with Gasteiger partial charge in [-0.1, -0.05) is 18.2 Å². The van der Waals surface area contributed by atoms with Crippen LogP contribution >= 0.6 is 0 Å². The summed E-state index contributed by atoms with van der Waals surface area (Å²) in [7, 11) is 2.90. The van der Waals surface area contributed by atoms with E-state index in [0.717, 1.165) is 4.68 Å². The van der Waals surface area contributed by atoms with Gasteiger partial charge in [-0.15, -0.1) is 0 Å². The van der Waals surface area contributed by atoms with Gasteiger partial charge in [0.2, 0.25) is 0 Å². The lowest BCUT2D eigenvalue weighted by atomic mass is 10.1. The molecular formula is C20H17N3O6. The number of imide groups is 1. The molecule has 29 heavy (non-hydrogen) atoms. The zero-order chi connectivity index (χ0) is 21.0. The fourth-order valence-electron chi connectivity index (χ4n) is 2.63. The minimum absolute atomic E-state index is 0.100. The van der Waals surface area contributed by atoms with Crippen LogP contribution in [0.4, 0.5) is 0 Å². The van der Waals surface area contributed by atoms with Crippen molar-refractivity contribution in [3.63, 3.8) is 0 Å². The van der Waals surface area contributed by atoms with E-state index in [1.54, 1.807) is 36.4 Å². The molecule has 1 aromatic heterocycles. The Morgan fingerprint density at radius 1 is 1.03 bits per heavy atom. The molecule has 0 saturated carbocycles. The van der Waals surface area contributed by atoms with Gasteiger partial charge in [-0.25, -0.2) is 9.48 Å². The maximum atomic E-state index is 12.4. The quantitative estimate of drug-likeness (QED) is 0.642. The molecule has 2 aromatic carbocycles. The summed E-state index contributed by atoms with van der Waals surface area (Å²) in [4.78, 5) is 48.5. The van der Waals surface area contributed by atoms with Crippen molar-refractivity contribution in [1.82, 2.24) is 15.1 Å². The van der Waals surface area contributed by atoms with E-state index in [0.29, 0.717) is 16.5 Å². The third-order valence-electron chi connectivity index (χ3n) is 4.09. The number of ether oxygens (including phenoxy) is 2. The molecule has 1 N–H and O–H groups in total. The Hall–Kier alpha value is -4.01. The molecule has 0 saturated heterocycles. The summed E-state index contributed by atoms with van der Waals surface area (Å²) in [6, 6.07) is 12.6. The Morgan fingerprint density at radius 2 is 1.69 bits per heavy atom. The molecule has 9 nitrogen and oxygen atoms in total. The van der Waals surface area contributed by atoms with Crippen molar-refractivity contribution in [3.05, 3.63) is 70.1 Å². The molecule has 3 aromatic rings. The topological polar surface area (TPSA) is 117 Å². The van der Waals surface area contributed by atoms with Crippen molar-refractivity contribution in [2.75, 3.05) is 13.7 Å². The largest absolute Gasteiger partial charge is 0.497 e. The Bertz CT molecular complexity index is 1150. The van der Waals surface area contributed by atoms with E-state index in [4.69, 9.17) is 9.47 Å². The van der Waals surface area contributed by atoms with Crippen LogP contribution < -0.4 is 15.6 Å². The smallest absolute Gasteiger partial charge is 0.359 e. The zero-order valence-corrected chi connectivity index (χ0v) is 15.7. The monoisotopic (exact) mass is 395 g/mol. The van der Waals surface area contributed by atoms with Gasteiger partial charge in [-0.2, -0.15) is 5.10 Å². The highest BCUT2D eigenvalue weighted by atomic mass is 16.5. The summed E-state index contributed by atoms with van der Waals surface area (Å²) < 4.78 is 11.0. The van der Waals surface area contributed by atoms with Gasteiger partial charge in [-0.05, 0) is 30.3 Å². The van der Waals surface area contributed by atoms with Crippen molar-refractivity contribution in [3.8, 4) is 5.75 Å². The number of hydrogen-bond donors (Lipinski definition) is 1. The molecule has 148 valence electrons. The van der Waals surface area contributed by atoms with E-state index in [1.807, 2.05) is 0 Å². The lowest BCUT2D eigenvalue weighted by molar-refractivity contribution is -0.123. The summed E-state index contributed by atoms with van der Waals surface area (Å²) in [6.45, 7) is -0.681. The minimum Gasteiger partial charge on any atom is -0.497 e. The fourth-order valence-corrected chi connectivity index (χ4v) is 2.63. The summed E-state index contributed by atoms with van der Waals surface area (Å²) in [6.07, 6.45) is 0. The molecule has 0 unspecified atom stereocenters. The van der Waals surface area contributed by atoms with Gasteiger partial charge >= 0.3 is 5.97 Å². The van der Waals surface area contributed by atoms with Crippen LogP contribution in [-0.2, 0) is 16.6 Å². The van der Waals surface area contributed by atoms with Crippen LogP contribution in [0.2, 0.25) is 0 Å². The second-order valence-electron chi connectivity index (χ2n) is 6.00. The van der Waals surface area contributed by atoms with E-state index in [-0.39, 0.29) is 16.8 Å². The second-order valence-corrected chi connectivity index (χ2v) is 6.00. The SMILES string of the molecule is COc1ccc(C(=O)NC(=O)COC(=O)c2nn(C)c(=O)c3ccccc23)cc1. The number of aryl methyl sites for hydroxylation is 1. The number of carbonyl (C=O) groups is 3. The van der Waals surface area contributed by atoms with Crippen molar-refractivity contribution in [2.24, 2.45) is 7.05 Å². The summed E-state index contributed by atoms with van der Waals surface area (Å²) >= 11 is 0. The van der Waals surface area contributed by atoms with Crippen molar-refractivity contribution in [2.45, 2.75) is 0 Å². The van der Waals surface area contributed by atoms with Gasteiger partial charge in [-0.3, -0.25) is 19.7 Å². The Kier molecular flexibility index (Phi) is 5.68. The minimum atomic E-state index is -0.885. The predicted octanol–water partition coefficient (Wildman–Crippen LogP) is 1.06. The first kappa shape index (κ1) is 19.7. The molecule has 0 radical (unpaired) electrons. The number of nitrogens with zero attached hydrogens (tertiary/aromatic N) is 2. The van der Waals surface area contributed by atoms with Crippen LogP contribution in [0.5, 0.6) is 5.75 Å². The molecule has 0 aliphatic rings. The van der Waals surface area contributed by atoms with Crippen LogP contribution in [0.25, 0.3) is 10.8 Å². The predicted molar refractivity (Wildman–Crippen MR) is 103 cm³/mol. The molecule has 2 amide bonds. The van der Waals surface area contributed by atoms with Gasteiger partial charge in [0.1, 0.15) is 5.75 Å². The third-order valence-corrected chi connectivity index (χ3v) is 4.09. The molecule has 1 heterocycles. The van der Waals surface area contributed by atoms with Crippen molar-refractivity contribution >= 4 is 28.6 Å². The number of benzene rings is 2. The van der Waals surface area contributed by atoms with Gasteiger partial charge in [0.15, 0.2) is 12.3 Å². The Balaban J connectivity index is 1.67. The van der Waals surface area contributed by atoms with E-state index in [9.17, 15) is 19.2 Å². The molecule has 0 fully saturated rings. The normalized spacial score (nSPS) is 10.4. The van der Waals surface area contributed by atoms with Gasteiger partial charge < -0.3 is 9.47 Å². The molecule has 0 spiro atoms. The average molecular weight is 395 g/mol. The lowest BCUT2D eigenvalue weighted by Gasteiger charge is -2.09. The van der Waals surface area contributed by atoms with Crippen LogP contribution in [0, 0.1) is 0 Å². The number of esters is 1. The highest BCUT2D eigenvalue weighted by Gasteiger charge is 2.19. The first-order chi connectivity index (χ1) is 13.9. The second kappa shape index (κ2) is 8.34. The number of aromatic nitrogens is 2. The van der Waals surface area contributed by atoms with Gasteiger partial charge in [0, 0.05) is 18.0 Å². The van der Waals surface area contributed by atoms with Crippen LogP contribution in [0.1, 0.15) is 20.8 Å². The lowest BCUT2D eigenvalue weighted by Crippen LogP contribution is -2.34. The van der Waals surface area contributed by atoms with Crippen molar-refractivity contribution in [1.29, 1.82) is 0 Å². The first-order valence-corrected chi connectivity index (χ1v) is 8.52. The van der Waals surface area contributed by atoms with Gasteiger partial charge in [0.05, 0.1) is 12.5 Å². The van der Waals surface area contributed by atoms with E-state index in [2.05, 4.69) is 10.4 Å². The zero-order valence-electron chi connectivity index (χ0n) is 15.7. The maximum absolute atomic E-state index is 12.4. The van der Waals surface area contributed by atoms with E-state index in [1.165, 1.54) is 26.3 Å². The van der Waals surface area contributed by atoms with E-state index < -0.39 is 24.4 Å². The number of rotatable bonds is 5. The highest BCUT2D eigenvalue weighted by molar-refractivity contribution is 6.06. The van der Waals surface area contributed by atoms with Crippen molar-refractivity contribution < 1.29 is 23.9 Å². The molecule has 0 aliphatic carbocycles. The standard InChI is InChI=1S/C20H17N3O6/c1-23-19(26)15-6-4-3-5-14(15)17(22-23)20(27)29-11-16(24)21-18(25)12-7-9-13(28-2)10-8-12/h3-10H,11H2,1-2H3,(H,21,24,25). The first-order valence-electron chi connectivity index (χ1n) is 8.52. The maximum Gasteiger partial charge on any atom is 0.359 e. The van der Waals surface area contributed by atoms with Crippen LogP contribution in [0.3, 0.4) is 0 Å². The van der Waals surface area contributed by atoms with E-state index >= 15 is 0 Å². The molecule has 0 atom stereocenters. The third kappa shape index (κ3) is 4.29. The van der Waals surface area contributed by atoms with Gasteiger partial charge in [0.25, 0.3) is 17.4 Å². The fraction of sp³-hybridized carbons (Fsp3) is 0.150. The Labute approximate surface area is 164 Å². The summed E-state index contributed by atoms with van der Waals surface area (Å²) in [5, 5.41) is 6.67. The number of nitrogens with one attached hydrogen (secondary N) is 1. The number of hydrogen-bond acceptors (Lipinski definition) is 7. The summed E-state index contributed by atoms with van der Waals surface area (Å²) in [5.41, 5.74) is -0.215. The summed E-state index contributed by atoms with van der Waals surface area (Å²) in [5.74, 6) is -1.75. The average Bonchev–Trinajstić information content (AvgIpc) is 2.74. The number of carbonyl (C=O) groups excluding carboxylic acids is 3. The highest BCUT2D eigenvalue weighted by Crippen LogP contribution is 2.14. The van der Waals surface area contributed by atoms with Crippen LogP contribution in [-0.4, -0.2) is 41.3 Å². The molecule has 0 bridgehead atoms. The molecule has 9 heteroatoms. The van der Waals surface area contributed by atoms with Crippen LogP contribution in [0.15, 0.2) is 53.3 Å². The Morgan fingerprint density at radius 3 is 2.34 bits per heavy atom. The molecule has 0 aliphatic heterocycles. The molecular weight excluding hydrogens is 378 g/mol. The molecule has 3 rings (SSSR count). The number of fused-ring (bicyclic) bond motifs is 1. The number of methoxy groups -OCH3 is 1.